The maximum atomic E-state index is 10.8. The molecule has 0 bridgehead atoms. The molecule has 1 heterocycles. The molecule has 0 unspecified atom stereocenters. The van der Waals surface area contributed by atoms with Crippen molar-refractivity contribution in [3.63, 3.8) is 0 Å². The van der Waals surface area contributed by atoms with Crippen LogP contribution in [0, 0.1) is 5.92 Å². The lowest BCUT2D eigenvalue weighted by atomic mass is 9.86. The number of hydrogen-bond acceptors (Lipinski definition) is 3. The van der Waals surface area contributed by atoms with Crippen molar-refractivity contribution in [2.24, 2.45) is 5.92 Å². The minimum absolute atomic E-state index is 0.115. The van der Waals surface area contributed by atoms with Crippen molar-refractivity contribution in [3.8, 4) is 0 Å². The van der Waals surface area contributed by atoms with Gasteiger partial charge in [-0.15, -0.1) is 11.3 Å². The number of thiophene rings is 1. The number of halogens is 1. The summed E-state index contributed by atoms with van der Waals surface area (Å²) >= 11 is 5.24. The minimum atomic E-state index is -0.628. The highest BCUT2D eigenvalue weighted by atomic mass is 79.9. The maximum Gasteiger partial charge on any atom is 0.306 e. The van der Waals surface area contributed by atoms with Crippen LogP contribution in [-0.4, -0.2) is 23.7 Å². The molecule has 1 aromatic rings. The SMILES string of the molecule is O=C(O)C1CCC(NCCc2ccc(Br)s2)CC1. The monoisotopic (exact) mass is 331 g/mol. The summed E-state index contributed by atoms with van der Waals surface area (Å²) in [5.74, 6) is -0.742. The van der Waals surface area contributed by atoms with Gasteiger partial charge in [0.15, 0.2) is 0 Å². The molecule has 0 atom stereocenters. The van der Waals surface area contributed by atoms with E-state index in [0.717, 1.165) is 38.6 Å². The Morgan fingerprint density at radius 1 is 1.39 bits per heavy atom. The summed E-state index contributed by atoms with van der Waals surface area (Å²) in [5, 5.41) is 12.5. The number of carboxylic acids is 1. The van der Waals surface area contributed by atoms with Gasteiger partial charge in [0.1, 0.15) is 0 Å². The molecule has 1 fully saturated rings. The lowest BCUT2D eigenvalue weighted by molar-refractivity contribution is -0.142. The van der Waals surface area contributed by atoms with E-state index in [1.807, 2.05) is 0 Å². The first-order valence-electron chi connectivity index (χ1n) is 6.35. The average Bonchev–Trinajstić information content (AvgIpc) is 2.76. The second kappa shape index (κ2) is 6.68. The van der Waals surface area contributed by atoms with E-state index in [0.29, 0.717) is 6.04 Å². The Bertz CT molecular complexity index is 399. The highest BCUT2D eigenvalue weighted by Crippen LogP contribution is 2.25. The van der Waals surface area contributed by atoms with Crippen LogP contribution in [0.3, 0.4) is 0 Å². The Labute approximate surface area is 120 Å². The van der Waals surface area contributed by atoms with E-state index in [2.05, 4.69) is 33.4 Å². The van der Waals surface area contributed by atoms with Gasteiger partial charge >= 0.3 is 5.97 Å². The van der Waals surface area contributed by atoms with Crippen molar-refractivity contribution in [3.05, 3.63) is 20.8 Å². The molecule has 2 rings (SSSR count). The van der Waals surface area contributed by atoms with Crippen molar-refractivity contribution in [1.29, 1.82) is 0 Å². The number of hydrogen-bond donors (Lipinski definition) is 2. The van der Waals surface area contributed by atoms with Crippen LogP contribution in [0.25, 0.3) is 0 Å². The molecule has 1 saturated carbocycles. The predicted octanol–water partition coefficient (Wildman–Crippen LogP) is 3.29. The zero-order valence-corrected chi connectivity index (χ0v) is 12.6. The fourth-order valence-electron chi connectivity index (χ4n) is 2.43. The van der Waals surface area contributed by atoms with E-state index < -0.39 is 5.97 Å². The molecular formula is C13H18BrNO2S. The largest absolute Gasteiger partial charge is 0.481 e. The maximum absolute atomic E-state index is 10.8. The normalized spacial score (nSPS) is 24.1. The number of carboxylic acid groups (broad SMARTS) is 1. The third kappa shape index (κ3) is 4.07. The van der Waals surface area contributed by atoms with Crippen LogP contribution in [0.4, 0.5) is 0 Å². The zero-order chi connectivity index (χ0) is 13.0. The fraction of sp³-hybridized carbons (Fsp3) is 0.615. The van der Waals surface area contributed by atoms with E-state index in [1.54, 1.807) is 11.3 Å². The molecule has 18 heavy (non-hydrogen) atoms. The standard InChI is InChI=1S/C13H18BrNO2S/c14-12-6-5-11(18-12)7-8-15-10-3-1-9(2-4-10)13(16)17/h5-6,9-10,15H,1-4,7-8H2,(H,16,17). The molecule has 0 spiro atoms. The molecule has 5 heteroatoms. The van der Waals surface area contributed by atoms with E-state index in [9.17, 15) is 4.79 Å². The topological polar surface area (TPSA) is 49.3 Å². The van der Waals surface area contributed by atoms with Gasteiger partial charge in [0, 0.05) is 17.5 Å². The number of aliphatic carboxylic acids is 1. The summed E-state index contributed by atoms with van der Waals surface area (Å²) < 4.78 is 1.18. The molecule has 0 radical (unpaired) electrons. The van der Waals surface area contributed by atoms with Crippen LogP contribution < -0.4 is 5.32 Å². The van der Waals surface area contributed by atoms with Gasteiger partial charge in [-0.1, -0.05) is 0 Å². The van der Waals surface area contributed by atoms with E-state index in [-0.39, 0.29) is 5.92 Å². The van der Waals surface area contributed by atoms with Gasteiger partial charge in [0.05, 0.1) is 9.70 Å². The van der Waals surface area contributed by atoms with Crippen LogP contribution in [0.15, 0.2) is 15.9 Å². The van der Waals surface area contributed by atoms with Crippen molar-refractivity contribution in [2.45, 2.75) is 38.1 Å². The van der Waals surface area contributed by atoms with Crippen molar-refractivity contribution in [2.75, 3.05) is 6.54 Å². The Morgan fingerprint density at radius 2 is 2.11 bits per heavy atom. The lowest BCUT2D eigenvalue weighted by Crippen LogP contribution is -2.35. The smallest absolute Gasteiger partial charge is 0.306 e. The van der Waals surface area contributed by atoms with Crippen LogP contribution >= 0.6 is 27.3 Å². The van der Waals surface area contributed by atoms with Gasteiger partial charge in [-0.05, 0) is 60.2 Å². The molecular weight excluding hydrogens is 314 g/mol. The predicted molar refractivity (Wildman–Crippen MR) is 77.1 cm³/mol. The Balaban J connectivity index is 1.65. The third-order valence-corrected chi connectivity index (χ3v) is 5.19. The van der Waals surface area contributed by atoms with Gasteiger partial charge < -0.3 is 10.4 Å². The van der Waals surface area contributed by atoms with Crippen molar-refractivity contribution >= 4 is 33.2 Å². The Morgan fingerprint density at radius 3 is 2.67 bits per heavy atom. The van der Waals surface area contributed by atoms with Gasteiger partial charge in [-0.2, -0.15) is 0 Å². The molecule has 1 aliphatic carbocycles. The van der Waals surface area contributed by atoms with E-state index in [1.165, 1.54) is 8.66 Å². The lowest BCUT2D eigenvalue weighted by Gasteiger charge is -2.26. The summed E-state index contributed by atoms with van der Waals surface area (Å²) in [5.41, 5.74) is 0. The second-order valence-corrected chi connectivity index (χ2v) is 7.34. The van der Waals surface area contributed by atoms with E-state index >= 15 is 0 Å². The fourth-order valence-corrected chi connectivity index (χ4v) is 3.91. The first-order valence-corrected chi connectivity index (χ1v) is 7.96. The van der Waals surface area contributed by atoms with Crippen LogP contribution in [0.1, 0.15) is 30.6 Å². The first-order chi connectivity index (χ1) is 8.65. The Kier molecular flexibility index (Phi) is 5.21. The van der Waals surface area contributed by atoms with Crippen LogP contribution in [0.2, 0.25) is 0 Å². The summed E-state index contributed by atoms with van der Waals surface area (Å²) in [7, 11) is 0. The molecule has 0 aromatic carbocycles. The molecule has 0 saturated heterocycles. The summed E-state index contributed by atoms with van der Waals surface area (Å²) in [6, 6.07) is 4.74. The molecule has 1 aromatic heterocycles. The molecule has 0 aliphatic heterocycles. The molecule has 2 N–H and O–H groups in total. The molecule has 0 amide bonds. The van der Waals surface area contributed by atoms with Crippen molar-refractivity contribution < 1.29 is 9.90 Å². The summed E-state index contributed by atoms with van der Waals surface area (Å²) in [6.45, 7) is 0.982. The Hall–Kier alpha value is -0.390. The van der Waals surface area contributed by atoms with Gasteiger partial charge in [0.2, 0.25) is 0 Å². The second-order valence-electron chi connectivity index (χ2n) is 4.80. The number of nitrogens with one attached hydrogen (secondary N) is 1. The number of carbonyl (C=O) groups is 1. The minimum Gasteiger partial charge on any atom is -0.481 e. The van der Waals surface area contributed by atoms with Gasteiger partial charge in [-0.3, -0.25) is 4.79 Å². The molecule has 1 aliphatic rings. The highest BCUT2D eigenvalue weighted by Gasteiger charge is 2.25. The van der Waals surface area contributed by atoms with Crippen LogP contribution in [-0.2, 0) is 11.2 Å². The molecule has 100 valence electrons. The zero-order valence-electron chi connectivity index (χ0n) is 10.2. The quantitative estimate of drug-likeness (QED) is 0.870. The van der Waals surface area contributed by atoms with Crippen molar-refractivity contribution in [1.82, 2.24) is 5.32 Å². The first kappa shape index (κ1) is 14.0. The van der Waals surface area contributed by atoms with Gasteiger partial charge in [-0.25, -0.2) is 0 Å². The number of rotatable bonds is 5. The third-order valence-electron chi connectivity index (χ3n) is 3.51. The summed E-state index contributed by atoms with van der Waals surface area (Å²) in [6.07, 6.45) is 4.67. The molecule has 3 nitrogen and oxygen atoms in total. The van der Waals surface area contributed by atoms with Gasteiger partial charge in [0.25, 0.3) is 0 Å². The highest BCUT2D eigenvalue weighted by molar-refractivity contribution is 9.11. The van der Waals surface area contributed by atoms with Crippen LogP contribution in [0.5, 0.6) is 0 Å². The average molecular weight is 332 g/mol. The van der Waals surface area contributed by atoms with E-state index in [4.69, 9.17) is 5.11 Å². The summed E-state index contributed by atoms with van der Waals surface area (Å²) in [4.78, 5) is 12.2.